The molecule has 0 radical (unpaired) electrons. The number of hydrogen-bond donors (Lipinski definition) is 0. The second-order valence-electron chi connectivity index (χ2n) is 3.14. The van der Waals surface area contributed by atoms with Crippen LogP contribution < -0.4 is 0 Å². The minimum Gasteiger partial charge on any atom is -0.0622 e. The molecule has 0 saturated heterocycles. The fourth-order valence-corrected chi connectivity index (χ4v) is 1.25. The third-order valence-electron chi connectivity index (χ3n) is 2.13. The highest BCUT2D eigenvalue weighted by molar-refractivity contribution is 4.88. The Labute approximate surface area is 52.3 Å². The molecule has 0 heterocycles. The third-order valence-corrected chi connectivity index (χ3v) is 2.13. The van der Waals surface area contributed by atoms with E-state index in [1.165, 1.54) is 25.7 Å². The summed E-state index contributed by atoms with van der Waals surface area (Å²) < 4.78 is 0. The number of hydrogen-bond acceptors (Lipinski definition) is 0. The molecule has 1 aliphatic carbocycles. The highest BCUT2D eigenvalue weighted by atomic mass is 14.2. The van der Waals surface area contributed by atoms with Crippen LogP contribution in [-0.4, -0.2) is 0 Å². The average Bonchev–Trinajstić information content (AvgIpc) is 1.77. The van der Waals surface area contributed by atoms with Gasteiger partial charge in [-0.3, -0.25) is 0 Å². The quantitative estimate of drug-likeness (QED) is 0.422. The van der Waals surface area contributed by atoms with Gasteiger partial charge in [0.25, 0.3) is 0 Å². The van der Waals surface area contributed by atoms with E-state index in [1.807, 2.05) is 0 Å². The molecule has 0 spiro atoms. The summed E-state index contributed by atoms with van der Waals surface area (Å²) in [7, 11) is 0. The van der Waals surface area contributed by atoms with Gasteiger partial charge >= 0.3 is 0 Å². The Bertz CT molecular complexity index is 48.4. The van der Waals surface area contributed by atoms with E-state index in [2.05, 4.69) is 13.8 Å². The van der Waals surface area contributed by atoms with E-state index in [0.29, 0.717) is 0 Å². The highest BCUT2D eigenvalue weighted by Gasteiger charge is 2.21. The lowest BCUT2D eigenvalue weighted by atomic mass is 9.84. The minimum atomic E-state index is 0.999. The maximum Gasteiger partial charge on any atom is 0.0899 e. The topological polar surface area (TPSA) is 0 Å². The van der Waals surface area contributed by atoms with Gasteiger partial charge in [-0.05, 0) is 18.8 Å². The van der Waals surface area contributed by atoms with Gasteiger partial charge < -0.3 is 0 Å². The molecule has 0 heteroatoms. The summed E-state index contributed by atoms with van der Waals surface area (Å²) in [6, 6.07) is 0. The van der Waals surface area contributed by atoms with Crippen molar-refractivity contribution in [2.75, 3.05) is 0 Å². The van der Waals surface area contributed by atoms with Crippen LogP contribution in [0.1, 0.15) is 39.5 Å². The van der Waals surface area contributed by atoms with Crippen LogP contribution in [0.5, 0.6) is 0 Å². The first-order chi connectivity index (χ1) is 3.79. The molecule has 0 aromatic carbocycles. The Balaban J connectivity index is 2.19. The van der Waals surface area contributed by atoms with Crippen molar-refractivity contribution in [2.45, 2.75) is 39.5 Å². The smallest absolute Gasteiger partial charge is 0.0622 e. The molecule has 0 atom stereocenters. The normalized spacial score (nSPS) is 24.0. The molecule has 1 saturated carbocycles. The molecule has 0 unspecified atom stereocenters. The molecule has 1 rings (SSSR count). The fourth-order valence-electron chi connectivity index (χ4n) is 1.25. The van der Waals surface area contributed by atoms with E-state index < -0.39 is 0 Å². The standard InChI is InChI=1S/C8H15/c1-7-3-5-8(2)6-4-7/h7H,3-6H2,1-2H3/q+1. The van der Waals surface area contributed by atoms with Gasteiger partial charge in [0.05, 0.1) is 25.7 Å². The van der Waals surface area contributed by atoms with Crippen molar-refractivity contribution in [3.05, 3.63) is 5.92 Å². The monoisotopic (exact) mass is 111 g/mol. The van der Waals surface area contributed by atoms with E-state index in [4.69, 9.17) is 0 Å². The molecule has 0 aromatic heterocycles. The Hall–Kier alpha value is -0.130. The van der Waals surface area contributed by atoms with Crippen LogP contribution in [0.3, 0.4) is 0 Å². The summed E-state index contributed by atoms with van der Waals surface area (Å²) in [6.45, 7) is 4.64. The molecular weight excluding hydrogens is 96.1 g/mol. The van der Waals surface area contributed by atoms with Gasteiger partial charge in [0, 0.05) is 0 Å². The van der Waals surface area contributed by atoms with E-state index in [9.17, 15) is 0 Å². The third kappa shape index (κ3) is 1.43. The second kappa shape index (κ2) is 2.43. The fraction of sp³-hybridized carbons (Fsp3) is 0.875. The number of rotatable bonds is 0. The Morgan fingerprint density at radius 3 is 2.12 bits per heavy atom. The van der Waals surface area contributed by atoms with Gasteiger partial charge in [-0.15, -0.1) is 0 Å². The minimum absolute atomic E-state index is 0.999. The van der Waals surface area contributed by atoms with Crippen LogP contribution in [0.4, 0.5) is 0 Å². The lowest BCUT2D eigenvalue weighted by molar-refractivity contribution is 0.409. The van der Waals surface area contributed by atoms with E-state index in [0.717, 1.165) is 5.92 Å². The molecule has 0 nitrogen and oxygen atoms in total. The van der Waals surface area contributed by atoms with Crippen molar-refractivity contribution >= 4 is 0 Å². The molecule has 46 valence electrons. The molecule has 0 amide bonds. The van der Waals surface area contributed by atoms with Gasteiger partial charge in [-0.2, -0.15) is 0 Å². The summed E-state index contributed by atoms with van der Waals surface area (Å²) >= 11 is 0. The first-order valence-electron chi connectivity index (χ1n) is 3.60. The molecule has 0 aromatic rings. The van der Waals surface area contributed by atoms with Crippen LogP contribution in [0.25, 0.3) is 0 Å². The zero-order chi connectivity index (χ0) is 5.98. The van der Waals surface area contributed by atoms with Gasteiger partial charge in [-0.1, -0.05) is 6.92 Å². The summed E-state index contributed by atoms with van der Waals surface area (Å²) in [5, 5.41) is 0. The van der Waals surface area contributed by atoms with Crippen LogP contribution >= 0.6 is 0 Å². The van der Waals surface area contributed by atoms with Crippen molar-refractivity contribution in [1.29, 1.82) is 0 Å². The summed E-state index contributed by atoms with van der Waals surface area (Å²) in [6.07, 6.45) is 5.65. The van der Waals surface area contributed by atoms with Crippen molar-refractivity contribution in [3.8, 4) is 0 Å². The van der Waals surface area contributed by atoms with E-state index >= 15 is 0 Å². The summed E-state index contributed by atoms with van der Waals surface area (Å²) in [5.74, 6) is 2.71. The average molecular weight is 111 g/mol. The molecule has 1 aliphatic rings. The molecule has 1 fully saturated rings. The van der Waals surface area contributed by atoms with Crippen molar-refractivity contribution < 1.29 is 0 Å². The van der Waals surface area contributed by atoms with Gasteiger partial charge in [0.15, 0.2) is 0 Å². The maximum absolute atomic E-state index is 2.35. The van der Waals surface area contributed by atoms with Crippen molar-refractivity contribution in [3.63, 3.8) is 0 Å². The Morgan fingerprint density at radius 1 is 1.25 bits per heavy atom. The molecular formula is C8H15+. The molecule has 0 N–H and O–H groups in total. The molecule has 0 bridgehead atoms. The van der Waals surface area contributed by atoms with Crippen LogP contribution in [-0.2, 0) is 0 Å². The van der Waals surface area contributed by atoms with Crippen molar-refractivity contribution in [1.82, 2.24) is 0 Å². The molecule has 0 aliphatic heterocycles. The van der Waals surface area contributed by atoms with E-state index in [1.54, 1.807) is 5.92 Å². The van der Waals surface area contributed by atoms with Crippen molar-refractivity contribution in [2.24, 2.45) is 5.92 Å². The SMILES string of the molecule is C[C+]1CCC(C)CC1. The lowest BCUT2D eigenvalue weighted by Crippen LogP contribution is -2.06. The van der Waals surface area contributed by atoms with Crippen LogP contribution in [0.15, 0.2) is 0 Å². The van der Waals surface area contributed by atoms with Gasteiger partial charge in [0.1, 0.15) is 0 Å². The van der Waals surface area contributed by atoms with E-state index in [-0.39, 0.29) is 0 Å². The van der Waals surface area contributed by atoms with Gasteiger partial charge in [-0.25, -0.2) is 0 Å². The largest absolute Gasteiger partial charge is 0.0899 e. The summed E-state index contributed by atoms with van der Waals surface area (Å²) in [5.41, 5.74) is 0. The predicted molar refractivity (Wildman–Crippen MR) is 36.5 cm³/mol. The maximum atomic E-state index is 2.35. The first kappa shape index (κ1) is 6.00. The zero-order valence-electron chi connectivity index (χ0n) is 5.91. The highest BCUT2D eigenvalue weighted by Crippen LogP contribution is 2.28. The predicted octanol–water partition coefficient (Wildman–Crippen LogP) is 2.79. The molecule has 8 heavy (non-hydrogen) atoms. The summed E-state index contributed by atoms with van der Waals surface area (Å²) in [4.78, 5) is 0. The van der Waals surface area contributed by atoms with Crippen LogP contribution in [0, 0.1) is 11.8 Å². The Kier molecular flexibility index (Phi) is 1.82. The second-order valence-corrected chi connectivity index (χ2v) is 3.14. The van der Waals surface area contributed by atoms with Crippen LogP contribution in [0.2, 0.25) is 0 Å². The zero-order valence-corrected chi connectivity index (χ0v) is 5.91. The lowest BCUT2D eigenvalue weighted by Gasteiger charge is -2.14. The Morgan fingerprint density at radius 2 is 1.75 bits per heavy atom. The first-order valence-corrected chi connectivity index (χ1v) is 3.60. The van der Waals surface area contributed by atoms with Gasteiger partial charge in [0.2, 0.25) is 0 Å².